The number of carbonyl (C=O) groups is 2. The summed E-state index contributed by atoms with van der Waals surface area (Å²) in [6, 6.07) is 0. The Morgan fingerprint density at radius 1 is 1.18 bits per heavy atom. The van der Waals surface area contributed by atoms with E-state index < -0.39 is 18.2 Å². The fourth-order valence-electron chi connectivity index (χ4n) is 0.658. The van der Waals surface area contributed by atoms with Gasteiger partial charge in [-0.15, -0.1) is 0 Å². The third-order valence-electron chi connectivity index (χ3n) is 1.19. The van der Waals surface area contributed by atoms with Gasteiger partial charge in [0.05, 0.1) is 12.2 Å². The molecule has 4 heteroatoms. The van der Waals surface area contributed by atoms with Gasteiger partial charge in [-0.05, 0) is 13.8 Å². The topological polar surface area (TPSA) is 74.6 Å². The van der Waals surface area contributed by atoms with Gasteiger partial charge in [-0.1, -0.05) is 0 Å². The number of aliphatic carboxylic acids is 1. The van der Waals surface area contributed by atoms with E-state index in [1.807, 2.05) is 0 Å². The van der Waals surface area contributed by atoms with E-state index in [1.165, 1.54) is 13.8 Å². The molecule has 0 amide bonds. The zero-order valence-corrected chi connectivity index (χ0v) is 6.42. The number of hydrogen-bond acceptors (Lipinski definition) is 3. The fourth-order valence-corrected chi connectivity index (χ4v) is 0.658. The second-order valence-electron chi connectivity index (χ2n) is 2.19. The molecule has 0 heterocycles. The van der Waals surface area contributed by atoms with Gasteiger partial charge in [0.2, 0.25) is 0 Å². The Labute approximate surface area is 64.2 Å². The lowest BCUT2D eigenvalue weighted by Gasteiger charge is -1.99. The van der Waals surface area contributed by atoms with Crippen LogP contribution in [-0.2, 0) is 9.59 Å². The van der Waals surface area contributed by atoms with Gasteiger partial charge in [0.1, 0.15) is 0 Å². The van der Waals surface area contributed by atoms with E-state index >= 15 is 0 Å². The lowest BCUT2D eigenvalue weighted by molar-refractivity contribution is -0.137. The summed E-state index contributed by atoms with van der Waals surface area (Å²) in [5, 5.41) is 17.1. The van der Waals surface area contributed by atoms with Gasteiger partial charge in [-0.3, -0.25) is 9.59 Å². The minimum absolute atomic E-state index is 0.0440. The Bertz CT molecular complexity index is 210. The molecule has 0 saturated carbocycles. The van der Waals surface area contributed by atoms with Crippen molar-refractivity contribution < 1.29 is 19.8 Å². The zero-order chi connectivity index (χ0) is 9.02. The van der Waals surface area contributed by atoms with Crippen molar-refractivity contribution in [3.63, 3.8) is 0 Å². The van der Waals surface area contributed by atoms with Gasteiger partial charge in [0, 0.05) is 5.57 Å². The summed E-state index contributed by atoms with van der Waals surface area (Å²) in [5.41, 5.74) is -0.0440. The molecule has 2 N–H and O–H groups in total. The van der Waals surface area contributed by atoms with Gasteiger partial charge in [-0.25, -0.2) is 0 Å². The Morgan fingerprint density at radius 3 is 1.73 bits per heavy atom. The first-order valence-electron chi connectivity index (χ1n) is 3.06. The zero-order valence-electron chi connectivity index (χ0n) is 6.42. The smallest absolute Gasteiger partial charge is 0.308 e. The fraction of sp³-hybridized carbons (Fsp3) is 0.429. The minimum Gasteiger partial charge on any atom is -0.512 e. The first-order valence-corrected chi connectivity index (χ1v) is 3.06. The highest BCUT2D eigenvalue weighted by molar-refractivity contribution is 5.97. The Kier molecular flexibility index (Phi) is 3.30. The van der Waals surface area contributed by atoms with E-state index in [1.54, 1.807) is 0 Å². The molecule has 0 spiro atoms. The van der Waals surface area contributed by atoms with Crippen molar-refractivity contribution in [3.8, 4) is 0 Å². The maximum Gasteiger partial charge on any atom is 0.308 e. The highest BCUT2D eigenvalue weighted by atomic mass is 16.4. The first-order chi connectivity index (χ1) is 4.95. The van der Waals surface area contributed by atoms with Crippen LogP contribution in [0.2, 0.25) is 0 Å². The van der Waals surface area contributed by atoms with Crippen LogP contribution >= 0.6 is 0 Å². The quantitative estimate of drug-likeness (QED) is 0.472. The molecule has 4 nitrogen and oxygen atoms in total. The van der Waals surface area contributed by atoms with E-state index in [2.05, 4.69) is 0 Å². The number of rotatable bonds is 3. The number of carbonyl (C=O) groups excluding carboxylic acids is 1. The van der Waals surface area contributed by atoms with Gasteiger partial charge in [0.15, 0.2) is 5.78 Å². The molecule has 0 bridgehead atoms. The Hall–Kier alpha value is -1.32. The highest BCUT2D eigenvalue weighted by Crippen LogP contribution is 2.07. The summed E-state index contributed by atoms with van der Waals surface area (Å²) in [7, 11) is 0. The van der Waals surface area contributed by atoms with Crippen LogP contribution < -0.4 is 0 Å². The number of carboxylic acid groups (broad SMARTS) is 1. The van der Waals surface area contributed by atoms with Gasteiger partial charge in [-0.2, -0.15) is 0 Å². The molecular formula is C7H10O4. The van der Waals surface area contributed by atoms with Crippen molar-refractivity contribution in [1.82, 2.24) is 0 Å². The SMILES string of the molecule is CC(=O)/C(CC(=O)O)=C(\C)O. The second-order valence-corrected chi connectivity index (χ2v) is 2.19. The van der Waals surface area contributed by atoms with Crippen LogP contribution in [0.25, 0.3) is 0 Å². The number of aliphatic hydroxyl groups excluding tert-OH is 1. The molecule has 0 aliphatic carbocycles. The summed E-state index contributed by atoms with van der Waals surface area (Å²) >= 11 is 0. The van der Waals surface area contributed by atoms with Crippen LogP contribution in [0.15, 0.2) is 11.3 Å². The van der Waals surface area contributed by atoms with Crippen molar-refractivity contribution in [1.29, 1.82) is 0 Å². The number of allylic oxidation sites excluding steroid dienone is 1. The van der Waals surface area contributed by atoms with E-state index in [-0.39, 0.29) is 11.3 Å². The van der Waals surface area contributed by atoms with Gasteiger partial charge >= 0.3 is 5.97 Å². The first kappa shape index (κ1) is 9.68. The largest absolute Gasteiger partial charge is 0.512 e. The Morgan fingerprint density at radius 2 is 1.64 bits per heavy atom. The Balaban J connectivity index is 4.52. The molecule has 0 unspecified atom stereocenters. The summed E-state index contributed by atoms with van der Waals surface area (Å²) in [6.07, 6.45) is -0.419. The molecule has 0 aliphatic rings. The van der Waals surface area contributed by atoms with Crippen LogP contribution in [0.4, 0.5) is 0 Å². The lowest BCUT2D eigenvalue weighted by atomic mass is 10.1. The van der Waals surface area contributed by atoms with E-state index in [0.717, 1.165) is 0 Å². The molecular weight excluding hydrogens is 148 g/mol. The van der Waals surface area contributed by atoms with Crippen molar-refractivity contribution >= 4 is 11.8 Å². The minimum atomic E-state index is -1.12. The molecule has 0 aromatic rings. The summed E-state index contributed by atoms with van der Waals surface area (Å²) in [4.78, 5) is 20.8. The average Bonchev–Trinajstić information content (AvgIpc) is 1.81. The molecule has 11 heavy (non-hydrogen) atoms. The van der Waals surface area contributed by atoms with Crippen LogP contribution in [0.1, 0.15) is 20.3 Å². The number of carboxylic acids is 1. The summed E-state index contributed by atoms with van der Waals surface area (Å²) < 4.78 is 0. The maximum atomic E-state index is 10.6. The van der Waals surface area contributed by atoms with E-state index in [0.29, 0.717) is 0 Å². The number of ketones is 1. The van der Waals surface area contributed by atoms with Crippen LogP contribution in [0, 0.1) is 0 Å². The summed E-state index contributed by atoms with van der Waals surface area (Å²) in [5.74, 6) is -1.75. The van der Waals surface area contributed by atoms with E-state index in [4.69, 9.17) is 10.2 Å². The maximum absolute atomic E-state index is 10.6. The highest BCUT2D eigenvalue weighted by Gasteiger charge is 2.11. The number of hydrogen-bond donors (Lipinski definition) is 2. The molecule has 0 atom stereocenters. The van der Waals surface area contributed by atoms with Crippen molar-refractivity contribution in [2.45, 2.75) is 20.3 Å². The molecule has 0 radical (unpaired) electrons. The monoisotopic (exact) mass is 158 g/mol. The van der Waals surface area contributed by atoms with Crippen molar-refractivity contribution in [3.05, 3.63) is 11.3 Å². The molecule has 0 aliphatic heterocycles. The molecule has 0 aromatic carbocycles. The average molecular weight is 158 g/mol. The predicted molar refractivity (Wildman–Crippen MR) is 38.3 cm³/mol. The van der Waals surface area contributed by atoms with Crippen molar-refractivity contribution in [2.24, 2.45) is 0 Å². The van der Waals surface area contributed by atoms with Crippen LogP contribution in [0.5, 0.6) is 0 Å². The van der Waals surface area contributed by atoms with E-state index in [9.17, 15) is 9.59 Å². The van der Waals surface area contributed by atoms with Crippen molar-refractivity contribution in [2.75, 3.05) is 0 Å². The second kappa shape index (κ2) is 3.75. The molecule has 0 rings (SSSR count). The molecule has 0 fully saturated rings. The van der Waals surface area contributed by atoms with Crippen LogP contribution in [0.3, 0.4) is 0 Å². The third-order valence-corrected chi connectivity index (χ3v) is 1.19. The summed E-state index contributed by atoms with van der Waals surface area (Å²) in [6.45, 7) is 2.51. The number of aliphatic hydroxyl groups is 1. The lowest BCUT2D eigenvalue weighted by Crippen LogP contribution is -2.06. The molecule has 0 saturated heterocycles. The third kappa shape index (κ3) is 3.40. The van der Waals surface area contributed by atoms with Gasteiger partial charge in [0.25, 0.3) is 0 Å². The standard InChI is InChI=1S/C7H10O4/c1-4(8)6(5(2)9)3-7(10)11/h8H,3H2,1-2H3,(H,10,11)/b6-4+. The molecule has 0 aromatic heterocycles. The van der Waals surface area contributed by atoms with Gasteiger partial charge < -0.3 is 10.2 Å². The predicted octanol–water partition coefficient (Wildman–Crippen LogP) is 0.882. The normalized spacial score (nSPS) is 12.2. The molecule has 62 valence electrons. The van der Waals surface area contributed by atoms with Crippen LogP contribution in [-0.4, -0.2) is 22.0 Å². The number of Topliss-reactive ketones (excluding diaryl/α,β-unsaturated/α-hetero) is 1.